The fourth-order valence-corrected chi connectivity index (χ4v) is 3.49. The molecule has 2 heterocycles. The number of nitrogens with one attached hydrogen (secondary N) is 2. The maximum Gasteiger partial charge on any atom is 0.291 e. The quantitative estimate of drug-likeness (QED) is 0.751. The molecule has 156 valence electrons. The van der Waals surface area contributed by atoms with E-state index in [1.54, 1.807) is 0 Å². The molecule has 0 radical (unpaired) electrons. The lowest BCUT2D eigenvalue weighted by Crippen LogP contribution is -2.27. The molecule has 2 aromatic rings. The molecule has 0 fully saturated rings. The molecule has 29 heavy (non-hydrogen) atoms. The number of amides is 2. The van der Waals surface area contributed by atoms with Gasteiger partial charge in [0.15, 0.2) is 5.82 Å². The average Bonchev–Trinajstić information content (AvgIpc) is 3.08. The monoisotopic (exact) mass is 397 g/mol. The molecule has 2 N–H and O–H groups in total. The van der Waals surface area contributed by atoms with E-state index in [2.05, 4.69) is 29.5 Å². The number of carbonyl (C=O) groups is 2. The summed E-state index contributed by atoms with van der Waals surface area (Å²) in [5, 5.41) is 5.86. The van der Waals surface area contributed by atoms with Gasteiger partial charge in [0.25, 0.3) is 11.8 Å². The Labute approximate surface area is 172 Å². The van der Waals surface area contributed by atoms with Crippen LogP contribution < -0.4 is 15.5 Å². The van der Waals surface area contributed by atoms with E-state index in [0.29, 0.717) is 36.2 Å². The van der Waals surface area contributed by atoms with E-state index >= 15 is 0 Å². The summed E-state index contributed by atoms with van der Waals surface area (Å²) in [5.74, 6) is 0.356. The minimum absolute atomic E-state index is 0.189. The molecule has 0 aliphatic carbocycles. The maximum atomic E-state index is 12.9. The Morgan fingerprint density at radius 2 is 1.86 bits per heavy atom. The van der Waals surface area contributed by atoms with E-state index in [9.17, 15) is 9.59 Å². The van der Waals surface area contributed by atoms with E-state index in [0.717, 1.165) is 37.1 Å². The zero-order valence-corrected chi connectivity index (χ0v) is 17.8. The van der Waals surface area contributed by atoms with Gasteiger partial charge < -0.3 is 20.1 Å². The lowest BCUT2D eigenvalue weighted by atomic mass is 10.1. The molecule has 3 rings (SSSR count). The van der Waals surface area contributed by atoms with Crippen molar-refractivity contribution in [2.75, 3.05) is 30.9 Å². The lowest BCUT2D eigenvalue weighted by Gasteiger charge is -2.17. The van der Waals surface area contributed by atoms with Crippen molar-refractivity contribution in [1.82, 2.24) is 14.9 Å². The Balaban J connectivity index is 1.78. The summed E-state index contributed by atoms with van der Waals surface area (Å²) in [7, 11) is 3.94. The summed E-state index contributed by atoms with van der Waals surface area (Å²) in [5.41, 5.74) is 3.02. The third-order valence-electron chi connectivity index (χ3n) is 5.18. The number of benzene rings is 1. The van der Waals surface area contributed by atoms with E-state index < -0.39 is 0 Å². The Bertz CT molecular complexity index is 868. The highest BCUT2D eigenvalue weighted by atomic mass is 16.2. The SMILES string of the molecule is CC(C)CCNC(=O)c1nc(C(=O)Nc2ccc(N(C)C)cc2)n2c1CCCC2. The number of nitrogens with zero attached hydrogens (tertiary/aromatic N) is 3. The van der Waals surface area contributed by atoms with Crippen molar-refractivity contribution in [2.45, 2.75) is 46.1 Å². The van der Waals surface area contributed by atoms with Crippen molar-refractivity contribution < 1.29 is 9.59 Å². The van der Waals surface area contributed by atoms with E-state index in [1.165, 1.54) is 0 Å². The standard InChI is InChI=1S/C22H31N5O2/c1-15(2)12-13-23-21(28)19-18-7-5-6-14-27(18)20(25-19)22(29)24-16-8-10-17(11-9-16)26(3)4/h8-11,15H,5-7,12-14H2,1-4H3,(H,23,28)(H,24,29). The van der Waals surface area contributed by atoms with Crippen molar-refractivity contribution in [3.05, 3.63) is 41.5 Å². The van der Waals surface area contributed by atoms with Crippen LogP contribution in [0.2, 0.25) is 0 Å². The molecule has 7 heteroatoms. The number of anilines is 2. The van der Waals surface area contributed by atoms with Gasteiger partial charge in [-0.3, -0.25) is 9.59 Å². The zero-order valence-electron chi connectivity index (χ0n) is 17.8. The molecule has 0 unspecified atom stereocenters. The summed E-state index contributed by atoms with van der Waals surface area (Å²) >= 11 is 0. The molecule has 7 nitrogen and oxygen atoms in total. The van der Waals surface area contributed by atoms with Crippen molar-refractivity contribution in [3.8, 4) is 0 Å². The average molecular weight is 398 g/mol. The van der Waals surface area contributed by atoms with E-state index in [1.807, 2.05) is 47.8 Å². The molecule has 0 saturated heterocycles. The normalized spacial score (nSPS) is 13.1. The minimum Gasteiger partial charge on any atom is -0.378 e. The van der Waals surface area contributed by atoms with Gasteiger partial charge in [-0.05, 0) is 55.9 Å². The minimum atomic E-state index is -0.285. The summed E-state index contributed by atoms with van der Waals surface area (Å²) in [6, 6.07) is 7.63. The fraction of sp³-hybridized carbons (Fsp3) is 0.500. The highest BCUT2D eigenvalue weighted by Crippen LogP contribution is 2.22. The first-order valence-corrected chi connectivity index (χ1v) is 10.3. The van der Waals surface area contributed by atoms with Gasteiger partial charge in [0, 0.05) is 38.6 Å². The van der Waals surface area contributed by atoms with Crippen LogP contribution in [0, 0.1) is 5.92 Å². The molecular weight excluding hydrogens is 366 g/mol. The lowest BCUT2D eigenvalue weighted by molar-refractivity contribution is 0.0946. The molecular formula is C22H31N5O2. The predicted octanol–water partition coefficient (Wildman–Crippen LogP) is 3.31. The third-order valence-corrected chi connectivity index (χ3v) is 5.18. The second-order valence-electron chi connectivity index (χ2n) is 8.17. The van der Waals surface area contributed by atoms with Crippen LogP contribution in [-0.2, 0) is 13.0 Å². The number of carbonyl (C=O) groups excluding carboxylic acids is 2. The topological polar surface area (TPSA) is 79.3 Å². The van der Waals surface area contributed by atoms with E-state index in [-0.39, 0.29) is 11.8 Å². The van der Waals surface area contributed by atoms with Gasteiger partial charge in [0.05, 0.1) is 5.69 Å². The number of imidazole rings is 1. The van der Waals surface area contributed by atoms with Gasteiger partial charge in [-0.1, -0.05) is 13.8 Å². The van der Waals surface area contributed by atoms with E-state index in [4.69, 9.17) is 0 Å². The molecule has 0 saturated carbocycles. The van der Waals surface area contributed by atoms with Crippen LogP contribution in [0.4, 0.5) is 11.4 Å². The molecule has 1 aliphatic heterocycles. The number of fused-ring (bicyclic) bond motifs is 1. The van der Waals surface area contributed by atoms with Gasteiger partial charge in [-0.25, -0.2) is 4.98 Å². The van der Waals surface area contributed by atoms with Crippen LogP contribution in [-0.4, -0.2) is 42.0 Å². The Hall–Kier alpha value is -2.83. The number of hydrogen-bond acceptors (Lipinski definition) is 4. The van der Waals surface area contributed by atoms with Gasteiger partial charge in [-0.2, -0.15) is 0 Å². The fourth-order valence-electron chi connectivity index (χ4n) is 3.49. The predicted molar refractivity (Wildman–Crippen MR) is 116 cm³/mol. The van der Waals surface area contributed by atoms with Gasteiger partial charge >= 0.3 is 0 Å². The highest BCUT2D eigenvalue weighted by molar-refractivity contribution is 6.03. The largest absolute Gasteiger partial charge is 0.378 e. The highest BCUT2D eigenvalue weighted by Gasteiger charge is 2.27. The van der Waals surface area contributed by atoms with Crippen LogP contribution in [0.5, 0.6) is 0 Å². The van der Waals surface area contributed by atoms with Gasteiger partial charge in [0.1, 0.15) is 5.69 Å². The van der Waals surface area contributed by atoms with Crippen LogP contribution in [0.25, 0.3) is 0 Å². The van der Waals surface area contributed by atoms with Gasteiger partial charge in [-0.15, -0.1) is 0 Å². The van der Waals surface area contributed by atoms with Crippen LogP contribution in [0.3, 0.4) is 0 Å². The third kappa shape index (κ3) is 4.96. The number of aromatic nitrogens is 2. The van der Waals surface area contributed by atoms with Crippen molar-refractivity contribution in [3.63, 3.8) is 0 Å². The second-order valence-corrected chi connectivity index (χ2v) is 8.17. The van der Waals surface area contributed by atoms with Crippen molar-refractivity contribution >= 4 is 23.2 Å². The summed E-state index contributed by atoms with van der Waals surface area (Å²) < 4.78 is 1.91. The molecule has 0 atom stereocenters. The smallest absolute Gasteiger partial charge is 0.291 e. The van der Waals surface area contributed by atoms with Crippen LogP contribution in [0.1, 0.15) is 59.9 Å². The summed E-state index contributed by atoms with van der Waals surface area (Å²) in [4.78, 5) is 32.0. The summed E-state index contributed by atoms with van der Waals surface area (Å²) in [6.07, 6.45) is 3.67. The molecule has 1 aromatic heterocycles. The Morgan fingerprint density at radius 3 is 2.52 bits per heavy atom. The van der Waals surface area contributed by atoms with Crippen LogP contribution >= 0.6 is 0 Å². The Kier molecular flexibility index (Phi) is 6.56. The van der Waals surface area contributed by atoms with Crippen molar-refractivity contribution in [2.24, 2.45) is 5.92 Å². The maximum absolute atomic E-state index is 12.9. The first kappa shape index (κ1) is 20.9. The number of rotatable bonds is 7. The Morgan fingerprint density at radius 1 is 1.14 bits per heavy atom. The molecule has 2 amide bonds. The van der Waals surface area contributed by atoms with Crippen LogP contribution in [0.15, 0.2) is 24.3 Å². The first-order chi connectivity index (χ1) is 13.9. The van der Waals surface area contributed by atoms with Gasteiger partial charge in [0.2, 0.25) is 0 Å². The second kappa shape index (κ2) is 9.11. The first-order valence-electron chi connectivity index (χ1n) is 10.3. The molecule has 1 aromatic carbocycles. The molecule has 1 aliphatic rings. The molecule has 0 bridgehead atoms. The molecule has 0 spiro atoms. The van der Waals surface area contributed by atoms with Crippen molar-refractivity contribution in [1.29, 1.82) is 0 Å². The number of hydrogen-bond donors (Lipinski definition) is 2. The zero-order chi connectivity index (χ0) is 21.0. The summed E-state index contributed by atoms with van der Waals surface area (Å²) in [6.45, 7) is 5.57.